The molecule has 0 fully saturated rings. The Morgan fingerprint density at radius 1 is 1.24 bits per heavy atom. The Kier molecular flexibility index (Phi) is 4.58. The Balaban J connectivity index is 2.27. The molecule has 0 aliphatic heterocycles. The van der Waals surface area contributed by atoms with E-state index in [1.165, 1.54) is 0 Å². The predicted molar refractivity (Wildman–Crippen MR) is 86.2 cm³/mol. The van der Waals surface area contributed by atoms with Gasteiger partial charge in [0.2, 0.25) is 0 Å². The average Bonchev–Trinajstić information content (AvgIpc) is 2.51. The predicted octanol–water partition coefficient (Wildman–Crippen LogP) is 2.68. The number of amides is 1. The second kappa shape index (κ2) is 6.22. The van der Waals surface area contributed by atoms with Gasteiger partial charge < -0.3 is 10.6 Å². The molecule has 112 valence electrons. The molecule has 2 N–H and O–H groups in total. The second-order valence-electron chi connectivity index (χ2n) is 6.08. The molecule has 2 aromatic rings. The van der Waals surface area contributed by atoms with Gasteiger partial charge in [-0.05, 0) is 31.0 Å². The van der Waals surface area contributed by atoms with Crippen LogP contribution < -0.4 is 5.73 Å². The van der Waals surface area contributed by atoms with Crippen molar-refractivity contribution in [3.8, 4) is 0 Å². The monoisotopic (exact) mass is 285 g/mol. The fourth-order valence-electron chi connectivity index (χ4n) is 2.26. The number of hydrogen-bond acceptors (Lipinski definition) is 3. The van der Waals surface area contributed by atoms with Gasteiger partial charge in [0.15, 0.2) is 0 Å². The SMILES string of the molecule is CCN(CC(C)(C)CN)C(=O)c1ccc2ccccc2n1. The van der Waals surface area contributed by atoms with Crippen LogP contribution in [0, 0.1) is 5.41 Å². The number of nitrogens with zero attached hydrogens (tertiary/aromatic N) is 2. The molecule has 4 heteroatoms. The van der Waals surface area contributed by atoms with E-state index in [9.17, 15) is 4.79 Å². The summed E-state index contributed by atoms with van der Waals surface area (Å²) in [4.78, 5) is 18.9. The number of benzene rings is 1. The van der Waals surface area contributed by atoms with Crippen LogP contribution in [0.5, 0.6) is 0 Å². The lowest BCUT2D eigenvalue weighted by Crippen LogP contribution is -2.42. The maximum atomic E-state index is 12.6. The number of carbonyl (C=O) groups excluding carboxylic acids is 1. The number of fused-ring (bicyclic) bond motifs is 1. The molecule has 4 nitrogen and oxygen atoms in total. The van der Waals surface area contributed by atoms with E-state index in [4.69, 9.17) is 5.73 Å². The maximum absolute atomic E-state index is 12.6. The molecule has 0 aliphatic carbocycles. The van der Waals surface area contributed by atoms with Crippen molar-refractivity contribution in [1.82, 2.24) is 9.88 Å². The number of carbonyl (C=O) groups is 1. The van der Waals surface area contributed by atoms with Crippen molar-refractivity contribution >= 4 is 16.8 Å². The fraction of sp³-hybridized carbons (Fsp3) is 0.412. The molecule has 0 unspecified atom stereocenters. The molecule has 0 spiro atoms. The zero-order chi connectivity index (χ0) is 15.5. The Hall–Kier alpha value is -1.94. The average molecular weight is 285 g/mol. The van der Waals surface area contributed by atoms with Gasteiger partial charge in [-0.15, -0.1) is 0 Å². The first-order chi connectivity index (χ1) is 9.96. The van der Waals surface area contributed by atoms with E-state index >= 15 is 0 Å². The summed E-state index contributed by atoms with van der Waals surface area (Å²) < 4.78 is 0. The molecule has 1 heterocycles. The molecule has 0 aliphatic rings. The first kappa shape index (κ1) is 15.4. The highest BCUT2D eigenvalue weighted by atomic mass is 16.2. The molecular weight excluding hydrogens is 262 g/mol. The van der Waals surface area contributed by atoms with Crippen LogP contribution in [-0.4, -0.2) is 35.4 Å². The lowest BCUT2D eigenvalue weighted by atomic mass is 9.93. The third-order valence-electron chi connectivity index (χ3n) is 3.66. The number of pyridine rings is 1. The van der Waals surface area contributed by atoms with E-state index in [2.05, 4.69) is 18.8 Å². The number of para-hydroxylation sites is 1. The molecular formula is C17H23N3O. The molecule has 0 saturated heterocycles. The molecule has 1 amide bonds. The Morgan fingerprint density at radius 2 is 1.95 bits per heavy atom. The van der Waals surface area contributed by atoms with Crippen molar-refractivity contribution in [3.63, 3.8) is 0 Å². The first-order valence-corrected chi connectivity index (χ1v) is 7.32. The van der Waals surface area contributed by atoms with E-state index in [0.717, 1.165) is 10.9 Å². The van der Waals surface area contributed by atoms with Gasteiger partial charge in [-0.2, -0.15) is 0 Å². The molecule has 1 aromatic carbocycles. The number of aromatic nitrogens is 1. The number of rotatable bonds is 5. The van der Waals surface area contributed by atoms with E-state index in [0.29, 0.717) is 25.3 Å². The van der Waals surface area contributed by atoms with Crippen LogP contribution in [0.2, 0.25) is 0 Å². The highest BCUT2D eigenvalue weighted by molar-refractivity contribution is 5.94. The third kappa shape index (κ3) is 3.58. The summed E-state index contributed by atoms with van der Waals surface area (Å²) in [5.74, 6) is -0.0372. The summed E-state index contributed by atoms with van der Waals surface area (Å²) in [5, 5.41) is 1.04. The van der Waals surface area contributed by atoms with E-state index in [1.807, 2.05) is 42.2 Å². The van der Waals surface area contributed by atoms with Crippen LogP contribution in [0.3, 0.4) is 0 Å². The van der Waals surface area contributed by atoms with Crippen molar-refractivity contribution in [2.75, 3.05) is 19.6 Å². The van der Waals surface area contributed by atoms with Gasteiger partial charge in [0.05, 0.1) is 5.52 Å². The largest absolute Gasteiger partial charge is 0.337 e. The van der Waals surface area contributed by atoms with Gasteiger partial charge in [0.1, 0.15) is 5.69 Å². The number of nitrogens with two attached hydrogens (primary N) is 1. The third-order valence-corrected chi connectivity index (χ3v) is 3.66. The van der Waals surface area contributed by atoms with Gasteiger partial charge in [-0.25, -0.2) is 4.98 Å². The molecule has 21 heavy (non-hydrogen) atoms. The first-order valence-electron chi connectivity index (χ1n) is 7.32. The van der Waals surface area contributed by atoms with Crippen LogP contribution in [-0.2, 0) is 0 Å². The lowest BCUT2D eigenvalue weighted by Gasteiger charge is -2.30. The minimum atomic E-state index is -0.0947. The molecule has 0 radical (unpaired) electrons. The van der Waals surface area contributed by atoms with Gasteiger partial charge in [0.25, 0.3) is 5.91 Å². The van der Waals surface area contributed by atoms with Crippen molar-refractivity contribution in [3.05, 3.63) is 42.1 Å². The van der Waals surface area contributed by atoms with Crippen LogP contribution in [0.15, 0.2) is 36.4 Å². The summed E-state index contributed by atoms with van der Waals surface area (Å²) >= 11 is 0. The van der Waals surface area contributed by atoms with Crippen LogP contribution in [0.4, 0.5) is 0 Å². The Morgan fingerprint density at radius 3 is 2.62 bits per heavy atom. The van der Waals surface area contributed by atoms with Gasteiger partial charge in [-0.1, -0.05) is 38.1 Å². The van der Waals surface area contributed by atoms with Crippen LogP contribution in [0.1, 0.15) is 31.3 Å². The highest BCUT2D eigenvalue weighted by Crippen LogP contribution is 2.18. The molecule has 0 saturated carbocycles. The van der Waals surface area contributed by atoms with Crippen molar-refractivity contribution in [2.45, 2.75) is 20.8 Å². The molecule has 1 aromatic heterocycles. The van der Waals surface area contributed by atoms with Crippen molar-refractivity contribution < 1.29 is 4.79 Å². The van der Waals surface area contributed by atoms with Gasteiger partial charge in [0, 0.05) is 18.5 Å². The summed E-state index contributed by atoms with van der Waals surface area (Å²) in [7, 11) is 0. The topological polar surface area (TPSA) is 59.2 Å². The molecule has 2 rings (SSSR count). The van der Waals surface area contributed by atoms with Crippen molar-refractivity contribution in [2.24, 2.45) is 11.1 Å². The Labute approximate surface area is 126 Å². The summed E-state index contributed by atoms with van der Waals surface area (Å²) in [6.07, 6.45) is 0. The molecule has 0 bridgehead atoms. The zero-order valence-electron chi connectivity index (χ0n) is 13.0. The zero-order valence-corrected chi connectivity index (χ0v) is 13.0. The summed E-state index contributed by atoms with van der Waals surface area (Å²) in [5.41, 5.74) is 7.01. The van der Waals surface area contributed by atoms with E-state index in [1.54, 1.807) is 6.07 Å². The minimum absolute atomic E-state index is 0.0372. The smallest absolute Gasteiger partial charge is 0.272 e. The summed E-state index contributed by atoms with van der Waals surface area (Å²) in [6.45, 7) is 7.94. The Bertz CT molecular complexity index is 637. The number of hydrogen-bond donors (Lipinski definition) is 1. The maximum Gasteiger partial charge on any atom is 0.272 e. The van der Waals surface area contributed by atoms with Gasteiger partial charge in [-0.3, -0.25) is 4.79 Å². The van der Waals surface area contributed by atoms with Crippen molar-refractivity contribution in [1.29, 1.82) is 0 Å². The molecule has 0 atom stereocenters. The summed E-state index contributed by atoms with van der Waals surface area (Å²) in [6, 6.07) is 11.5. The normalized spacial score (nSPS) is 11.6. The standard InChI is InChI=1S/C17H23N3O/c1-4-20(12-17(2,3)11-18)16(21)15-10-9-13-7-5-6-8-14(13)19-15/h5-10H,4,11-12,18H2,1-3H3. The minimum Gasteiger partial charge on any atom is -0.337 e. The van der Waals surface area contributed by atoms with E-state index in [-0.39, 0.29) is 11.3 Å². The fourth-order valence-corrected chi connectivity index (χ4v) is 2.26. The lowest BCUT2D eigenvalue weighted by molar-refractivity contribution is 0.0695. The van der Waals surface area contributed by atoms with Crippen LogP contribution in [0.25, 0.3) is 10.9 Å². The van der Waals surface area contributed by atoms with E-state index < -0.39 is 0 Å². The highest BCUT2D eigenvalue weighted by Gasteiger charge is 2.24. The van der Waals surface area contributed by atoms with Gasteiger partial charge >= 0.3 is 0 Å². The van der Waals surface area contributed by atoms with Crippen LogP contribution >= 0.6 is 0 Å². The quantitative estimate of drug-likeness (QED) is 0.919. The second-order valence-corrected chi connectivity index (χ2v) is 6.08.